The number of amides is 2. The Bertz CT molecular complexity index is 451. The van der Waals surface area contributed by atoms with E-state index in [-0.39, 0.29) is 11.8 Å². The second kappa shape index (κ2) is 6.70. The van der Waals surface area contributed by atoms with E-state index >= 15 is 0 Å². The van der Waals surface area contributed by atoms with Crippen molar-refractivity contribution in [3.05, 3.63) is 0 Å². The third-order valence-electron chi connectivity index (χ3n) is 5.87. The van der Waals surface area contributed by atoms with Gasteiger partial charge in [-0.1, -0.05) is 13.8 Å². The van der Waals surface area contributed by atoms with Crippen LogP contribution in [-0.4, -0.2) is 42.1 Å². The Hall–Kier alpha value is -1.26. The summed E-state index contributed by atoms with van der Waals surface area (Å²) in [4.78, 5) is 27.0. The molecule has 5 heteroatoms. The number of nitrogens with one attached hydrogen (secondary N) is 1. The first kappa shape index (κ1) is 16.6. The molecule has 2 aliphatic carbocycles. The van der Waals surface area contributed by atoms with Gasteiger partial charge in [-0.15, -0.1) is 0 Å². The molecule has 130 valence electrons. The molecule has 0 aromatic carbocycles. The second-order valence-electron chi connectivity index (χ2n) is 8.01. The van der Waals surface area contributed by atoms with Crippen LogP contribution in [0.5, 0.6) is 0 Å². The number of carbonyl (C=O) groups is 2. The largest absolute Gasteiger partial charge is 0.450 e. The summed E-state index contributed by atoms with van der Waals surface area (Å²) in [5.41, 5.74) is 0. The number of nitrogens with zero attached hydrogens (tertiary/aromatic N) is 1. The summed E-state index contributed by atoms with van der Waals surface area (Å²) in [5, 5.41) is 2.78. The van der Waals surface area contributed by atoms with Crippen molar-refractivity contribution in [2.45, 2.75) is 65.0 Å². The van der Waals surface area contributed by atoms with E-state index in [1.807, 2.05) is 13.8 Å². The van der Waals surface area contributed by atoms with Gasteiger partial charge >= 0.3 is 6.09 Å². The highest BCUT2D eigenvalue weighted by Crippen LogP contribution is 2.47. The summed E-state index contributed by atoms with van der Waals surface area (Å²) in [6.07, 6.45) is 5.76. The molecule has 5 nitrogen and oxygen atoms in total. The fourth-order valence-electron chi connectivity index (χ4n) is 5.05. The summed E-state index contributed by atoms with van der Waals surface area (Å²) < 4.78 is 4.97. The maximum atomic E-state index is 13.2. The molecule has 4 bridgehead atoms. The fourth-order valence-corrected chi connectivity index (χ4v) is 5.05. The van der Waals surface area contributed by atoms with Crippen molar-refractivity contribution < 1.29 is 14.3 Å². The van der Waals surface area contributed by atoms with Crippen LogP contribution in [-0.2, 0) is 9.53 Å². The van der Waals surface area contributed by atoms with E-state index in [9.17, 15) is 9.59 Å². The molecule has 0 aromatic rings. The summed E-state index contributed by atoms with van der Waals surface area (Å²) in [6.45, 7) is 6.94. The van der Waals surface area contributed by atoms with E-state index in [1.165, 1.54) is 19.3 Å². The third kappa shape index (κ3) is 3.48. The second-order valence-corrected chi connectivity index (χ2v) is 8.01. The molecule has 2 saturated carbocycles. The normalized spacial score (nSPS) is 33.5. The molecule has 4 aliphatic rings. The first-order valence-corrected chi connectivity index (χ1v) is 9.21. The topological polar surface area (TPSA) is 58.6 Å². The Morgan fingerprint density at radius 1 is 1.09 bits per heavy atom. The Balaban J connectivity index is 1.73. The molecule has 0 aromatic heterocycles. The summed E-state index contributed by atoms with van der Waals surface area (Å²) in [7, 11) is 0. The van der Waals surface area contributed by atoms with Crippen molar-refractivity contribution in [3.8, 4) is 0 Å². The van der Waals surface area contributed by atoms with Gasteiger partial charge in [0.15, 0.2) is 0 Å². The Kier molecular flexibility index (Phi) is 4.83. The first-order valence-electron chi connectivity index (χ1n) is 9.21. The predicted molar refractivity (Wildman–Crippen MR) is 87.8 cm³/mol. The lowest BCUT2D eigenvalue weighted by molar-refractivity contribution is -0.137. The highest BCUT2D eigenvalue weighted by molar-refractivity contribution is 5.86. The van der Waals surface area contributed by atoms with Crippen LogP contribution in [0, 0.1) is 23.7 Å². The third-order valence-corrected chi connectivity index (χ3v) is 5.87. The minimum absolute atomic E-state index is 0.0598. The standard InChI is InChI=1S/C18H30N2O3/c1-4-23-18(22)19-16(11(2)3)17(21)20-10-14-6-12-5-13(7-14)9-15(20)8-12/h11-16H,4-10H2,1-3H3,(H,19,22)/t12-,13+,14?,15?,16-/m0/s1. The maximum Gasteiger partial charge on any atom is 0.407 e. The molecule has 0 spiro atoms. The lowest BCUT2D eigenvalue weighted by atomic mass is 9.68. The molecule has 1 N–H and O–H groups in total. The monoisotopic (exact) mass is 322 g/mol. The van der Waals surface area contributed by atoms with Gasteiger partial charge in [0, 0.05) is 12.6 Å². The molecular formula is C18H30N2O3. The molecule has 2 saturated heterocycles. The van der Waals surface area contributed by atoms with Crippen molar-refractivity contribution in [1.82, 2.24) is 10.2 Å². The van der Waals surface area contributed by atoms with Gasteiger partial charge in [-0.05, 0) is 62.7 Å². The zero-order valence-corrected chi connectivity index (χ0v) is 14.6. The molecule has 2 heterocycles. The van der Waals surface area contributed by atoms with E-state index in [2.05, 4.69) is 10.2 Å². The molecule has 4 rings (SSSR count). The number of hydrogen-bond donors (Lipinski definition) is 1. The van der Waals surface area contributed by atoms with Crippen molar-refractivity contribution >= 4 is 12.0 Å². The van der Waals surface area contributed by atoms with Gasteiger partial charge < -0.3 is 15.0 Å². The number of ether oxygens (including phenoxy) is 1. The molecule has 2 amide bonds. The van der Waals surface area contributed by atoms with E-state index in [0.717, 1.165) is 31.2 Å². The average molecular weight is 322 g/mol. The van der Waals surface area contributed by atoms with Crippen LogP contribution in [0.1, 0.15) is 52.9 Å². The SMILES string of the molecule is CCOC(=O)N[C@H](C(=O)N1CC2C[C@@H]3CC1C[C@H](C2)C3)C(C)C. The molecule has 4 fully saturated rings. The van der Waals surface area contributed by atoms with E-state index in [1.54, 1.807) is 6.92 Å². The van der Waals surface area contributed by atoms with Crippen molar-refractivity contribution in [3.63, 3.8) is 0 Å². The highest BCUT2D eigenvalue weighted by atomic mass is 16.5. The van der Waals surface area contributed by atoms with Crippen molar-refractivity contribution in [1.29, 1.82) is 0 Å². The number of fused-ring (bicyclic) bond motifs is 1. The molecule has 23 heavy (non-hydrogen) atoms. The van der Waals surface area contributed by atoms with E-state index in [4.69, 9.17) is 4.74 Å². The molecule has 0 radical (unpaired) electrons. The minimum atomic E-state index is -0.486. The summed E-state index contributed by atoms with van der Waals surface area (Å²) in [6, 6.07) is -0.103. The Morgan fingerprint density at radius 2 is 1.70 bits per heavy atom. The van der Waals surface area contributed by atoms with Gasteiger partial charge in [-0.2, -0.15) is 0 Å². The van der Waals surface area contributed by atoms with E-state index in [0.29, 0.717) is 18.6 Å². The minimum Gasteiger partial charge on any atom is -0.450 e. The van der Waals surface area contributed by atoms with Crippen LogP contribution in [0.4, 0.5) is 4.79 Å². The van der Waals surface area contributed by atoms with Crippen LogP contribution in [0.25, 0.3) is 0 Å². The van der Waals surface area contributed by atoms with Gasteiger partial charge in [-0.25, -0.2) is 4.79 Å². The Morgan fingerprint density at radius 3 is 2.26 bits per heavy atom. The zero-order chi connectivity index (χ0) is 16.6. The van der Waals surface area contributed by atoms with Gasteiger partial charge in [0.2, 0.25) is 5.91 Å². The van der Waals surface area contributed by atoms with Crippen LogP contribution in [0.2, 0.25) is 0 Å². The predicted octanol–water partition coefficient (Wildman–Crippen LogP) is 2.79. The molecular weight excluding hydrogens is 292 g/mol. The zero-order valence-electron chi connectivity index (χ0n) is 14.6. The number of rotatable bonds is 4. The van der Waals surface area contributed by atoms with Crippen LogP contribution < -0.4 is 5.32 Å². The molecule has 2 unspecified atom stereocenters. The van der Waals surface area contributed by atoms with E-state index < -0.39 is 12.1 Å². The van der Waals surface area contributed by atoms with Crippen molar-refractivity contribution in [2.75, 3.05) is 13.2 Å². The van der Waals surface area contributed by atoms with Gasteiger partial charge in [0.25, 0.3) is 0 Å². The van der Waals surface area contributed by atoms with Gasteiger partial charge in [0.1, 0.15) is 6.04 Å². The average Bonchev–Trinajstić information content (AvgIpc) is 2.68. The van der Waals surface area contributed by atoms with Crippen molar-refractivity contribution in [2.24, 2.45) is 23.7 Å². The molecule has 5 atom stereocenters. The van der Waals surface area contributed by atoms with Gasteiger partial charge in [0.05, 0.1) is 6.61 Å². The highest BCUT2D eigenvalue weighted by Gasteiger charge is 2.45. The Labute approximate surface area is 139 Å². The quantitative estimate of drug-likeness (QED) is 0.866. The smallest absolute Gasteiger partial charge is 0.407 e. The number of alkyl carbamates (subject to hydrolysis) is 1. The number of hydrogen-bond acceptors (Lipinski definition) is 3. The van der Waals surface area contributed by atoms with Crippen LogP contribution in [0.15, 0.2) is 0 Å². The fraction of sp³-hybridized carbons (Fsp3) is 0.889. The van der Waals surface area contributed by atoms with Gasteiger partial charge in [-0.3, -0.25) is 4.79 Å². The van der Waals surface area contributed by atoms with Crippen LogP contribution >= 0.6 is 0 Å². The van der Waals surface area contributed by atoms with Crippen LogP contribution in [0.3, 0.4) is 0 Å². The molecule has 2 aliphatic heterocycles. The first-order chi connectivity index (χ1) is 11.0. The maximum absolute atomic E-state index is 13.2. The lowest BCUT2D eigenvalue weighted by Gasteiger charge is -2.39. The summed E-state index contributed by atoms with van der Waals surface area (Å²) in [5.74, 6) is 2.43. The summed E-state index contributed by atoms with van der Waals surface area (Å²) >= 11 is 0. The lowest BCUT2D eigenvalue weighted by Crippen LogP contribution is -2.54. The number of carbonyl (C=O) groups excluding carboxylic acids is 2.